The zero-order valence-electron chi connectivity index (χ0n) is 28.0. The molecule has 1 unspecified atom stereocenters. The van der Waals surface area contributed by atoms with Gasteiger partial charge < -0.3 is 19.5 Å². The van der Waals surface area contributed by atoms with Crippen LogP contribution in [0, 0.1) is 0 Å². The van der Waals surface area contributed by atoms with Gasteiger partial charge in [0, 0.05) is 42.6 Å². The Morgan fingerprint density at radius 1 is 0.880 bits per heavy atom. The molecule has 256 valence electrons. The molecule has 1 saturated heterocycles. The molecule has 1 aliphatic carbocycles. The number of piperidine rings is 1. The Kier molecular flexibility index (Phi) is 8.69. The Hall–Kier alpha value is -5.78. The molecule has 4 amide bonds. The van der Waals surface area contributed by atoms with E-state index in [0.29, 0.717) is 12.6 Å². The van der Waals surface area contributed by atoms with Gasteiger partial charge in [0.05, 0.1) is 23.9 Å². The van der Waals surface area contributed by atoms with E-state index in [9.17, 15) is 19.2 Å². The maximum Gasteiger partial charge on any atom is 0.316 e. The molecular formula is C38H37N5O7. The molecule has 2 N–H and O–H groups in total. The summed E-state index contributed by atoms with van der Waals surface area (Å²) in [6.07, 6.45) is 3.44. The van der Waals surface area contributed by atoms with Crippen molar-refractivity contribution in [2.24, 2.45) is 0 Å². The third-order valence-corrected chi connectivity index (χ3v) is 9.62. The minimum Gasteiger partial charge on any atom is -0.490 e. The zero-order valence-corrected chi connectivity index (χ0v) is 28.0. The lowest BCUT2D eigenvalue weighted by atomic mass is 9.78. The lowest BCUT2D eigenvalue weighted by molar-refractivity contribution is -0.136. The van der Waals surface area contributed by atoms with Crippen LogP contribution in [0.25, 0.3) is 0 Å². The monoisotopic (exact) mass is 675 g/mol. The van der Waals surface area contributed by atoms with Crippen molar-refractivity contribution in [3.8, 4) is 17.5 Å². The summed E-state index contributed by atoms with van der Waals surface area (Å²) in [4.78, 5) is 59.3. The summed E-state index contributed by atoms with van der Waals surface area (Å²) in [5.41, 5.74) is 4.02. The summed E-state index contributed by atoms with van der Waals surface area (Å²) in [6.45, 7) is 4.68. The Morgan fingerprint density at radius 3 is 2.24 bits per heavy atom. The molecule has 2 aliphatic heterocycles. The van der Waals surface area contributed by atoms with Crippen LogP contribution in [0.15, 0.2) is 79.0 Å². The largest absolute Gasteiger partial charge is 0.490 e. The van der Waals surface area contributed by atoms with Crippen molar-refractivity contribution in [3.05, 3.63) is 107 Å². The molecule has 12 heteroatoms. The average molecular weight is 676 g/mol. The first kappa shape index (κ1) is 32.8. The van der Waals surface area contributed by atoms with E-state index in [-0.39, 0.29) is 41.5 Å². The summed E-state index contributed by atoms with van der Waals surface area (Å²) < 4.78 is 17.2. The molecule has 7 rings (SSSR count). The number of carbonyl (C=O) groups excluding carboxylic acids is 4. The first-order valence-corrected chi connectivity index (χ1v) is 16.6. The Bertz CT molecular complexity index is 1960. The minimum atomic E-state index is -0.985. The second kappa shape index (κ2) is 13.3. The van der Waals surface area contributed by atoms with Crippen molar-refractivity contribution in [1.29, 1.82) is 0 Å². The number of amides is 4. The van der Waals surface area contributed by atoms with E-state index in [0.717, 1.165) is 51.7 Å². The van der Waals surface area contributed by atoms with Crippen molar-refractivity contribution in [2.75, 3.05) is 12.4 Å². The Balaban J connectivity index is 0.902. The second-order valence-corrected chi connectivity index (χ2v) is 13.3. The van der Waals surface area contributed by atoms with Gasteiger partial charge >= 0.3 is 6.01 Å². The maximum atomic E-state index is 13.2. The van der Waals surface area contributed by atoms with Crippen LogP contribution >= 0.6 is 0 Å². The highest BCUT2D eigenvalue weighted by Gasteiger charge is 2.44. The van der Waals surface area contributed by atoms with Crippen molar-refractivity contribution in [3.63, 3.8) is 0 Å². The Morgan fingerprint density at radius 2 is 1.56 bits per heavy atom. The van der Waals surface area contributed by atoms with Crippen molar-refractivity contribution in [1.82, 2.24) is 20.2 Å². The number of rotatable bonds is 11. The summed E-state index contributed by atoms with van der Waals surface area (Å²) in [5, 5.41) is 5.65. The maximum absolute atomic E-state index is 13.2. The average Bonchev–Trinajstić information content (AvgIpc) is 3.35. The lowest BCUT2D eigenvalue weighted by Gasteiger charge is -2.36. The van der Waals surface area contributed by atoms with Gasteiger partial charge in [-0.2, -0.15) is 4.98 Å². The summed E-state index contributed by atoms with van der Waals surface area (Å²) >= 11 is 0. The molecule has 3 heterocycles. The van der Waals surface area contributed by atoms with Crippen LogP contribution in [-0.2, 0) is 21.6 Å². The molecule has 12 nitrogen and oxygen atoms in total. The first-order valence-electron chi connectivity index (χ1n) is 16.6. The highest BCUT2D eigenvalue weighted by Crippen LogP contribution is 2.36. The van der Waals surface area contributed by atoms with Gasteiger partial charge in [0.2, 0.25) is 11.8 Å². The van der Waals surface area contributed by atoms with E-state index < -0.39 is 29.7 Å². The molecule has 0 spiro atoms. The number of fused-ring (bicyclic) bond motifs is 1. The van der Waals surface area contributed by atoms with Crippen molar-refractivity contribution in [2.45, 2.75) is 69.7 Å². The molecule has 4 aromatic rings. The zero-order chi connectivity index (χ0) is 35.0. The standard InChI is InChI=1S/C38H37N5O7/c1-38(2,22-4-9-27(10-5-22)49-21-25-16-17-39-37(41-25)48-3)23-6-11-28(12-7-23)50-29-18-26(19-29)40-24-8-13-30-31(20-24)36(47)43(35(30)46)32-14-15-33(44)42-34(32)45/h4-13,16-17,20,26,29,32,40H,14-15,18-19,21H2,1-3H3,(H,42,44,45)/t26-,29-,32?. The fraction of sp³-hybridized carbons (Fsp3) is 0.316. The number of benzene rings is 3. The van der Waals surface area contributed by atoms with E-state index >= 15 is 0 Å². The van der Waals surface area contributed by atoms with Crippen LogP contribution in [0.4, 0.5) is 5.69 Å². The topological polar surface area (TPSA) is 149 Å². The third kappa shape index (κ3) is 6.48. The molecular weight excluding hydrogens is 638 g/mol. The van der Waals surface area contributed by atoms with Crippen LogP contribution in [0.5, 0.6) is 17.5 Å². The number of hydrogen-bond donors (Lipinski definition) is 2. The van der Waals surface area contributed by atoms with E-state index in [1.807, 2.05) is 24.3 Å². The van der Waals surface area contributed by atoms with Gasteiger partial charge in [0.25, 0.3) is 11.8 Å². The number of anilines is 1. The normalized spacial score (nSPS) is 20.1. The van der Waals surface area contributed by atoms with E-state index in [1.54, 1.807) is 30.5 Å². The number of imide groups is 2. The van der Waals surface area contributed by atoms with Crippen LogP contribution in [0.3, 0.4) is 0 Å². The fourth-order valence-corrected chi connectivity index (χ4v) is 6.57. The smallest absolute Gasteiger partial charge is 0.316 e. The van der Waals surface area contributed by atoms with Gasteiger partial charge in [-0.3, -0.25) is 29.4 Å². The minimum absolute atomic E-state index is 0.0444. The summed E-state index contributed by atoms with van der Waals surface area (Å²) in [6, 6.07) is 22.6. The van der Waals surface area contributed by atoms with Crippen LogP contribution in [0.1, 0.15) is 77.1 Å². The first-order chi connectivity index (χ1) is 24.1. The predicted octanol–water partition coefficient (Wildman–Crippen LogP) is 4.81. The summed E-state index contributed by atoms with van der Waals surface area (Å²) in [5.74, 6) is -0.516. The second-order valence-electron chi connectivity index (χ2n) is 13.3. The number of nitrogens with one attached hydrogen (secondary N) is 2. The number of methoxy groups -OCH3 is 1. The predicted molar refractivity (Wildman–Crippen MR) is 182 cm³/mol. The quantitative estimate of drug-likeness (QED) is 0.212. The summed E-state index contributed by atoms with van der Waals surface area (Å²) in [7, 11) is 1.53. The van der Waals surface area contributed by atoms with Gasteiger partial charge in [-0.25, -0.2) is 4.98 Å². The number of aromatic nitrogens is 2. The molecule has 3 aliphatic rings. The van der Waals surface area contributed by atoms with Crippen LogP contribution in [-0.4, -0.2) is 63.8 Å². The molecule has 1 saturated carbocycles. The van der Waals surface area contributed by atoms with Crippen LogP contribution < -0.4 is 24.8 Å². The molecule has 1 atom stereocenters. The molecule has 3 aromatic carbocycles. The van der Waals surface area contributed by atoms with Crippen LogP contribution in [0.2, 0.25) is 0 Å². The third-order valence-electron chi connectivity index (χ3n) is 9.62. The number of hydrogen-bond acceptors (Lipinski definition) is 10. The van der Waals surface area contributed by atoms with Gasteiger partial charge in [-0.15, -0.1) is 0 Å². The van der Waals surface area contributed by atoms with Gasteiger partial charge in [0.1, 0.15) is 30.3 Å². The molecule has 1 aromatic heterocycles. The fourth-order valence-electron chi connectivity index (χ4n) is 6.57. The van der Waals surface area contributed by atoms with E-state index in [2.05, 4.69) is 58.7 Å². The number of ether oxygens (including phenoxy) is 3. The highest BCUT2D eigenvalue weighted by atomic mass is 16.5. The lowest BCUT2D eigenvalue weighted by Crippen LogP contribution is -2.54. The van der Waals surface area contributed by atoms with E-state index in [4.69, 9.17) is 14.2 Å². The number of nitrogens with zero attached hydrogens (tertiary/aromatic N) is 3. The molecule has 2 fully saturated rings. The van der Waals surface area contributed by atoms with E-state index in [1.165, 1.54) is 7.11 Å². The van der Waals surface area contributed by atoms with Gasteiger partial charge in [-0.05, 0) is 66.1 Å². The highest BCUT2D eigenvalue weighted by molar-refractivity contribution is 6.23. The molecule has 0 bridgehead atoms. The number of carbonyl (C=O) groups is 4. The molecule has 0 radical (unpaired) electrons. The Labute approximate surface area is 289 Å². The van der Waals surface area contributed by atoms with Gasteiger partial charge in [-0.1, -0.05) is 38.1 Å². The van der Waals surface area contributed by atoms with Gasteiger partial charge in [0.15, 0.2) is 0 Å². The molecule has 50 heavy (non-hydrogen) atoms. The van der Waals surface area contributed by atoms with Crippen molar-refractivity contribution >= 4 is 29.3 Å². The van der Waals surface area contributed by atoms with Crippen molar-refractivity contribution < 1.29 is 33.4 Å². The SMILES string of the molecule is COc1nccc(COc2ccc(C(C)(C)c3ccc(O[C@H]4C[C@H](Nc5ccc6c(c5)C(=O)N(C5CCC(=O)NC5=O)C6=O)C4)cc3)cc2)n1.